The number of esters is 1. The molecule has 508 valence electrons. The van der Waals surface area contributed by atoms with Gasteiger partial charge in [0, 0.05) is 88.2 Å². The molecule has 7 rings (SSSR count). The van der Waals surface area contributed by atoms with Gasteiger partial charge in [0.25, 0.3) is 5.91 Å². The van der Waals surface area contributed by atoms with Crippen molar-refractivity contribution in [3.63, 3.8) is 0 Å². The first-order valence-electron chi connectivity index (χ1n) is 31.9. The number of aryl methyl sites for hydroxylation is 3. The minimum atomic E-state index is -3.54. The maximum absolute atomic E-state index is 13.8. The number of pyridine rings is 1. The van der Waals surface area contributed by atoms with E-state index < -0.39 is 69.7 Å². The smallest absolute Gasteiger partial charge is 0.335 e. The minimum absolute atomic E-state index is 0.0396. The first-order chi connectivity index (χ1) is 45.0. The topological polar surface area (TPSA) is 300 Å². The van der Waals surface area contributed by atoms with Crippen molar-refractivity contribution >= 4 is 33.8 Å². The summed E-state index contributed by atoms with van der Waals surface area (Å²) in [6.45, 7) is 17.6. The number of amides is 1. The van der Waals surface area contributed by atoms with Crippen molar-refractivity contribution in [2.45, 2.75) is 137 Å². The lowest BCUT2D eigenvalue weighted by Crippen LogP contribution is -2.46. The second-order valence-corrected chi connectivity index (χ2v) is 25.2. The molecule has 0 radical (unpaired) electrons. The highest BCUT2D eigenvalue weighted by Crippen LogP contribution is 2.25. The van der Waals surface area contributed by atoms with Crippen molar-refractivity contribution in [1.82, 2.24) is 45.0 Å². The van der Waals surface area contributed by atoms with Crippen LogP contribution in [-0.2, 0) is 56.7 Å². The first-order valence-corrected chi connectivity index (χ1v) is 33.5. The molecule has 24 heteroatoms. The first kappa shape index (κ1) is 76.3. The van der Waals surface area contributed by atoms with Gasteiger partial charge >= 0.3 is 17.9 Å². The Labute approximate surface area is 551 Å². The number of carbonyl (C=O) groups excluding carboxylic acids is 2. The van der Waals surface area contributed by atoms with Crippen LogP contribution in [0.25, 0.3) is 11.5 Å². The van der Waals surface area contributed by atoms with Gasteiger partial charge in [-0.1, -0.05) is 107 Å². The highest BCUT2D eigenvalue weighted by molar-refractivity contribution is 7.89. The van der Waals surface area contributed by atoms with Crippen molar-refractivity contribution in [3.8, 4) is 17.3 Å². The number of nitrogens with two attached hydrogens (primary N) is 2. The van der Waals surface area contributed by atoms with Gasteiger partial charge in [-0.3, -0.25) is 14.6 Å². The van der Waals surface area contributed by atoms with E-state index in [1.54, 1.807) is 55.5 Å². The van der Waals surface area contributed by atoms with Crippen molar-refractivity contribution in [2.24, 2.45) is 17.4 Å². The molecule has 0 aliphatic rings. The Morgan fingerprint density at radius 1 is 0.660 bits per heavy atom. The summed E-state index contributed by atoms with van der Waals surface area (Å²) in [6, 6.07) is 34.3. The third-order valence-corrected chi connectivity index (χ3v) is 17.0. The standard InChI is InChI=1S/C28H43N3O5S.C27H29F2N7O2.C15H21NO3/c1-5-14-31(15-6-2)37(33,34)16-13-28(32)36-27(26(29)19-23-10-7-9-22(3)17-23)21-30-20-24-11-8-12-25(18-24)35-4;1-2-17-6-5-7-18(10-17)15-31-16-22(23(30)13-19-11-20(28)14-21(29)12-19)25(27(37)38)36-34-26(33-35-36)24-8-3-4-9-32-24;1-4-6-16(7-5-2)14(17)12-8-11(3)9-13(10-12)15(18)19/h7-12,17-18,26-27,30H,5-6,13-16,19-21,29H2,1-4H3;3-12,14,22-23,25,31H,2,13,15-16,30H2,1H3,(H,37,38);8-10H,4-7H2,1-3H3,(H,18,19)/t26-,27+;22-,23?,25+;/m01./s1. The molecule has 0 bridgehead atoms. The Hall–Kier alpha value is -8.39. The zero-order valence-corrected chi connectivity index (χ0v) is 56.0. The molecule has 2 heterocycles. The number of benzene rings is 5. The van der Waals surface area contributed by atoms with E-state index in [1.807, 2.05) is 95.3 Å². The molecule has 0 saturated carbocycles. The van der Waals surface area contributed by atoms with Crippen LogP contribution in [0.4, 0.5) is 8.78 Å². The molecule has 0 spiro atoms. The van der Waals surface area contributed by atoms with E-state index in [0.717, 1.165) is 76.5 Å². The summed E-state index contributed by atoms with van der Waals surface area (Å²) < 4.78 is 65.7. The molecule has 1 unspecified atom stereocenters. The fraction of sp³-hybridized carbons (Fsp3) is 0.429. The summed E-state index contributed by atoms with van der Waals surface area (Å²) in [4.78, 5) is 55.7. The Bertz CT molecular complexity index is 3590. The van der Waals surface area contributed by atoms with E-state index in [1.165, 1.54) is 28.1 Å². The number of hydrogen-bond donors (Lipinski definition) is 6. The average molecular weight is 1320 g/mol. The number of carboxylic acid groups (broad SMARTS) is 2. The largest absolute Gasteiger partial charge is 0.497 e. The monoisotopic (exact) mass is 1320 g/mol. The molecule has 5 aromatic carbocycles. The van der Waals surface area contributed by atoms with Gasteiger partial charge in [0.15, 0.2) is 6.04 Å². The quantitative estimate of drug-likeness (QED) is 0.0201. The number of nitrogens with one attached hydrogen (secondary N) is 2. The number of halogens is 2. The highest BCUT2D eigenvalue weighted by atomic mass is 32.2. The predicted octanol–water partition coefficient (Wildman–Crippen LogP) is 9.55. The number of carboxylic acids is 2. The van der Waals surface area contributed by atoms with Crippen LogP contribution in [0.1, 0.15) is 132 Å². The fourth-order valence-corrected chi connectivity index (χ4v) is 12.2. The van der Waals surface area contributed by atoms with Gasteiger partial charge in [-0.2, -0.15) is 0 Å². The van der Waals surface area contributed by atoms with Gasteiger partial charge in [0.2, 0.25) is 15.8 Å². The third kappa shape index (κ3) is 25.2. The minimum Gasteiger partial charge on any atom is -0.497 e. The lowest BCUT2D eigenvalue weighted by Gasteiger charge is -2.29. The highest BCUT2D eigenvalue weighted by Gasteiger charge is 2.37. The molecule has 0 fully saturated rings. The zero-order chi connectivity index (χ0) is 68.7. The van der Waals surface area contributed by atoms with Crippen LogP contribution in [0.15, 0.2) is 134 Å². The number of sulfonamides is 1. The lowest BCUT2D eigenvalue weighted by molar-refractivity contribution is -0.149. The summed E-state index contributed by atoms with van der Waals surface area (Å²) in [7, 11) is -1.92. The normalized spacial score (nSPS) is 12.9. The fourth-order valence-electron chi connectivity index (χ4n) is 10.6. The number of carbonyl (C=O) groups is 4. The summed E-state index contributed by atoms with van der Waals surface area (Å²) in [5.41, 5.74) is 20.6. The second kappa shape index (κ2) is 39.3. The number of rotatable bonds is 35. The number of hydrogen-bond acceptors (Lipinski definition) is 16. The van der Waals surface area contributed by atoms with Crippen LogP contribution >= 0.6 is 0 Å². The lowest BCUT2D eigenvalue weighted by atomic mass is 9.87. The molecule has 1 amide bonds. The Kier molecular flexibility index (Phi) is 31.9. The van der Waals surface area contributed by atoms with E-state index >= 15 is 0 Å². The summed E-state index contributed by atoms with van der Waals surface area (Å²) in [5, 5.41) is 38.1. The van der Waals surface area contributed by atoms with Crippen LogP contribution in [-0.4, -0.2) is 147 Å². The number of methoxy groups -OCH3 is 1. The van der Waals surface area contributed by atoms with E-state index in [2.05, 4.69) is 50.1 Å². The van der Waals surface area contributed by atoms with Crippen LogP contribution in [0, 0.1) is 31.4 Å². The predicted molar refractivity (Wildman–Crippen MR) is 359 cm³/mol. The molecule has 2 aromatic heterocycles. The molecule has 7 aromatic rings. The molecular formula is C70H93F2N11O10S. The second-order valence-electron chi connectivity index (χ2n) is 23.1. The van der Waals surface area contributed by atoms with E-state index in [0.29, 0.717) is 69.1 Å². The van der Waals surface area contributed by atoms with Crippen molar-refractivity contribution in [3.05, 3.63) is 195 Å². The number of tetrazole rings is 1. The van der Waals surface area contributed by atoms with Crippen molar-refractivity contribution in [1.29, 1.82) is 0 Å². The van der Waals surface area contributed by atoms with Gasteiger partial charge in [0.1, 0.15) is 29.2 Å². The van der Waals surface area contributed by atoms with Crippen LogP contribution in [0.5, 0.6) is 5.75 Å². The molecule has 21 nitrogen and oxygen atoms in total. The number of aliphatic carboxylic acids is 1. The summed E-state index contributed by atoms with van der Waals surface area (Å²) in [6.07, 6.45) is 5.42. The summed E-state index contributed by atoms with van der Waals surface area (Å²) in [5.74, 6) is -4.44. The van der Waals surface area contributed by atoms with Gasteiger partial charge in [-0.05, 0) is 152 Å². The average Bonchev–Trinajstić information content (AvgIpc) is 2.11. The van der Waals surface area contributed by atoms with Crippen LogP contribution < -0.4 is 26.8 Å². The molecule has 0 aliphatic carbocycles. The maximum Gasteiger partial charge on any atom is 0.335 e. The van der Waals surface area contributed by atoms with E-state index in [9.17, 15) is 41.5 Å². The van der Waals surface area contributed by atoms with Crippen LogP contribution in [0.2, 0.25) is 0 Å². The zero-order valence-electron chi connectivity index (χ0n) is 55.2. The maximum atomic E-state index is 13.8. The van der Waals surface area contributed by atoms with Gasteiger partial charge in [-0.15, -0.1) is 15.0 Å². The number of aromatic carboxylic acids is 1. The van der Waals surface area contributed by atoms with Crippen molar-refractivity contribution < 1.29 is 56.1 Å². The Morgan fingerprint density at radius 2 is 1.27 bits per heavy atom. The molecule has 0 saturated heterocycles. The SMILES string of the molecule is CCCN(CCC)C(=O)c1cc(C)cc(C(=O)O)c1.CCCN(CCC)S(=O)(=O)CCC(=O)O[C@H](CNCc1cccc(OC)c1)[C@@H](N)Cc1cccc(C)c1.CCc1cccc(CNC[C@H](C(N)Cc2cc(F)cc(F)c2)[C@@H](C(=O)O)n2nnc(-c3ccccn3)n2)c1. The molecule has 5 atom stereocenters. The van der Waals surface area contributed by atoms with Gasteiger partial charge in [-0.25, -0.2) is 31.1 Å². The number of nitrogens with zero attached hydrogens (tertiary/aromatic N) is 7. The van der Waals surface area contributed by atoms with E-state index in [-0.39, 0.29) is 42.4 Å². The van der Waals surface area contributed by atoms with E-state index in [4.69, 9.17) is 26.0 Å². The molecule has 94 heavy (non-hydrogen) atoms. The third-order valence-electron chi connectivity index (χ3n) is 15.2. The van der Waals surface area contributed by atoms with Crippen LogP contribution in [0.3, 0.4) is 0 Å². The molecule has 8 N–H and O–H groups in total. The molecular weight excluding hydrogens is 1220 g/mol. The van der Waals surface area contributed by atoms with Crippen molar-refractivity contribution in [2.75, 3.05) is 52.1 Å². The van der Waals surface area contributed by atoms with Gasteiger partial charge in [0.05, 0.1) is 24.8 Å². The summed E-state index contributed by atoms with van der Waals surface area (Å²) >= 11 is 0. The molecule has 0 aliphatic heterocycles. The number of ether oxygens (including phenoxy) is 2. The Morgan fingerprint density at radius 3 is 1.87 bits per heavy atom. The number of aromatic nitrogens is 5. The van der Waals surface area contributed by atoms with Gasteiger partial charge < -0.3 is 46.7 Å². The Balaban J connectivity index is 0.000000270.